The van der Waals surface area contributed by atoms with Gasteiger partial charge in [-0.05, 0) is 43.4 Å². The van der Waals surface area contributed by atoms with Crippen molar-refractivity contribution in [3.63, 3.8) is 0 Å². The number of pyridine rings is 1. The predicted octanol–water partition coefficient (Wildman–Crippen LogP) is 6.09. The lowest BCUT2D eigenvalue weighted by Crippen LogP contribution is -2.36. The van der Waals surface area contributed by atoms with Gasteiger partial charge in [0.25, 0.3) is 5.69 Å². The molecule has 4 aromatic rings. The third kappa shape index (κ3) is 5.69. The van der Waals surface area contributed by atoms with Gasteiger partial charge in [-0.15, -0.1) is 0 Å². The molecule has 10 heteroatoms. The summed E-state index contributed by atoms with van der Waals surface area (Å²) in [5.74, 6) is 1.20. The zero-order valence-corrected chi connectivity index (χ0v) is 22.1. The minimum atomic E-state index is -0.372. The highest BCUT2D eigenvalue weighted by Crippen LogP contribution is 2.38. The smallest absolute Gasteiger partial charge is 0.269 e. The molecule has 0 atom stereocenters. The van der Waals surface area contributed by atoms with Crippen LogP contribution < -0.4 is 20.1 Å². The average Bonchev–Trinajstić information content (AvgIpc) is 3.36. The van der Waals surface area contributed by atoms with E-state index in [1.165, 1.54) is 0 Å². The summed E-state index contributed by atoms with van der Waals surface area (Å²) in [6.45, 7) is 0.712. The van der Waals surface area contributed by atoms with Crippen LogP contribution in [-0.2, 0) is 6.54 Å². The molecule has 2 heterocycles. The zero-order chi connectivity index (χ0) is 26.6. The lowest BCUT2D eigenvalue weighted by molar-refractivity contribution is -0.384. The summed E-state index contributed by atoms with van der Waals surface area (Å²) in [6, 6.07) is 15.3. The molecule has 0 aliphatic heterocycles. The number of nitrogens with one attached hydrogen (secondary N) is 2. The lowest BCUT2D eigenvalue weighted by Gasteiger charge is -2.30. The Labute approximate surface area is 225 Å². The van der Waals surface area contributed by atoms with Crippen LogP contribution in [-0.4, -0.2) is 40.6 Å². The van der Waals surface area contributed by atoms with Crippen molar-refractivity contribution >= 4 is 28.6 Å². The summed E-state index contributed by atoms with van der Waals surface area (Å²) in [5.41, 5.74) is 4.61. The highest BCUT2D eigenvalue weighted by atomic mass is 35.5. The first-order chi connectivity index (χ1) is 18.4. The van der Waals surface area contributed by atoms with Crippen LogP contribution >= 0.6 is 11.6 Å². The molecule has 198 valence electrons. The second kappa shape index (κ2) is 11.3. The molecule has 1 fully saturated rings. The fraction of sp³-hybridized carbons (Fsp3) is 0.321. The van der Waals surface area contributed by atoms with Crippen LogP contribution in [0.25, 0.3) is 16.9 Å². The van der Waals surface area contributed by atoms with E-state index >= 15 is 0 Å². The van der Waals surface area contributed by atoms with Gasteiger partial charge in [0.1, 0.15) is 17.1 Å². The van der Waals surface area contributed by atoms with Crippen LogP contribution in [0.1, 0.15) is 31.2 Å². The standard InChI is InChI=1S/C28H30ClN5O4/c1-37-26-15-27(38-2)24(29)14-23(26)25-17-33-12-11-21(13-28(33)32-25)31-20-7-5-19(6-8-20)30-16-18-3-9-22(10-4-18)34(35)36/h3-4,9-15,17,19-20,30-31H,5-8,16H2,1-2H3/t19-,20+. The van der Waals surface area contributed by atoms with E-state index in [0.717, 1.165) is 53.8 Å². The Morgan fingerprint density at radius 1 is 1.03 bits per heavy atom. The summed E-state index contributed by atoms with van der Waals surface area (Å²) >= 11 is 6.37. The van der Waals surface area contributed by atoms with Crippen molar-refractivity contribution < 1.29 is 14.4 Å². The monoisotopic (exact) mass is 535 g/mol. The third-order valence-electron chi connectivity index (χ3n) is 7.05. The van der Waals surface area contributed by atoms with E-state index in [-0.39, 0.29) is 10.6 Å². The molecule has 0 bridgehead atoms. The number of hydrogen-bond donors (Lipinski definition) is 2. The van der Waals surface area contributed by atoms with Gasteiger partial charge in [0.15, 0.2) is 0 Å². The summed E-state index contributed by atoms with van der Waals surface area (Å²) < 4.78 is 12.8. The van der Waals surface area contributed by atoms with E-state index in [4.69, 9.17) is 26.1 Å². The molecule has 1 saturated carbocycles. The fourth-order valence-electron chi connectivity index (χ4n) is 4.94. The number of nitro benzene ring substituents is 1. The van der Waals surface area contributed by atoms with E-state index < -0.39 is 0 Å². The highest BCUT2D eigenvalue weighted by Gasteiger charge is 2.21. The Morgan fingerprint density at radius 2 is 1.74 bits per heavy atom. The van der Waals surface area contributed by atoms with Crippen molar-refractivity contribution in [1.29, 1.82) is 0 Å². The number of hydrogen-bond acceptors (Lipinski definition) is 7. The lowest BCUT2D eigenvalue weighted by atomic mass is 9.91. The fourth-order valence-corrected chi connectivity index (χ4v) is 5.18. The Balaban J connectivity index is 1.19. The first kappa shape index (κ1) is 25.8. The van der Waals surface area contributed by atoms with Gasteiger partial charge >= 0.3 is 0 Å². The van der Waals surface area contributed by atoms with E-state index in [9.17, 15) is 10.1 Å². The first-order valence-corrected chi connectivity index (χ1v) is 12.9. The molecule has 1 aliphatic carbocycles. The first-order valence-electron chi connectivity index (χ1n) is 12.6. The molecule has 2 aromatic carbocycles. The molecular formula is C28H30ClN5O4. The van der Waals surface area contributed by atoms with Gasteiger partial charge in [-0.25, -0.2) is 4.98 Å². The summed E-state index contributed by atoms with van der Waals surface area (Å²) in [5, 5.41) is 18.6. The third-order valence-corrected chi connectivity index (χ3v) is 7.35. The molecule has 1 aliphatic rings. The van der Waals surface area contributed by atoms with Gasteiger partial charge in [-0.3, -0.25) is 10.1 Å². The van der Waals surface area contributed by atoms with Crippen molar-refractivity contribution in [3.05, 3.63) is 81.6 Å². The molecular weight excluding hydrogens is 506 g/mol. The van der Waals surface area contributed by atoms with Gasteiger partial charge in [0.05, 0.1) is 29.9 Å². The number of fused-ring (bicyclic) bond motifs is 1. The summed E-state index contributed by atoms with van der Waals surface area (Å²) in [6.07, 6.45) is 8.22. The van der Waals surface area contributed by atoms with Crippen LogP contribution in [0.5, 0.6) is 11.5 Å². The molecule has 0 amide bonds. The highest BCUT2D eigenvalue weighted by molar-refractivity contribution is 6.32. The van der Waals surface area contributed by atoms with Crippen LogP contribution in [0.15, 0.2) is 60.9 Å². The number of imidazole rings is 1. The Bertz CT molecular complexity index is 1430. The predicted molar refractivity (Wildman–Crippen MR) is 148 cm³/mol. The average molecular weight is 536 g/mol. The SMILES string of the molecule is COc1cc(OC)c(-c2cn3ccc(N[C@H]4CC[C@@H](NCc5ccc([N+](=O)[O-])cc5)CC4)cc3n2)cc1Cl. The van der Waals surface area contributed by atoms with Crippen LogP contribution in [0.3, 0.4) is 0 Å². The minimum Gasteiger partial charge on any atom is -0.496 e. The molecule has 0 saturated heterocycles. The molecule has 5 rings (SSSR count). The van der Waals surface area contributed by atoms with Crippen LogP contribution in [0, 0.1) is 10.1 Å². The molecule has 0 unspecified atom stereocenters. The Morgan fingerprint density at radius 3 is 2.42 bits per heavy atom. The van der Waals surface area contributed by atoms with Crippen molar-refractivity contribution in [1.82, 2.24) is 14.7 Å². The van der Waals surface area contributed by atoms with E-state index in [1.54, 1.807) is 32.4 Å². The Hall–Kier alpha value is -3.82. The maximum absolute atomic E-state index is 10.8. The van der Waals surface area contributed by atoms with Gasteiger partial charge < -0.3 is 24.5 Å². The maximum Gasteiger partial charge on any atom is 0.269 e. The van der Waals surface area contributed by atoms with E-state index in [2.05, 4.69) is 22.8 Å². The normalized spacial score (nSPS) is 17.3. The second-order valence-corrected chi connectivity index (χ2v) is 9.90. The molecule has 2 aromatic heterocycles. The number of halogens is 1. The van der Waals surface area contributed by atoms with E-state index in [0.29, 0.717) is 35.2 Å². The quantitative estimate of drug-likeness (QED) is 0.197. The summed E-state index contributed by atoms with van der Waals surface area (Å²) in [7, 11) is 3.19. The molecule has 2 N–H and O–H groups in total. The van der Waals surface area contributed by atoms with Crippen molar-refractivity contribution in [3.8, 4) is 22.8 Å². The van der Waals surface area contributed by atoms with Gasteiger partial charge in [-0.2, -0.15) is 0 Å². The number of aromatic nitrogens is 2. The number of methoxy groups -OCH3 is 2. The number of anilines is 1. The number of rotatable bonds is 9. The topological polar surface area (TPSA) is 103 Å². The van der Waals surface area contributed by atoms with Crippen molar-refractivity contribution in [2.24, 2.45) is 0 Å². The number of ether oxygens (including phenoxy) is 2. The summed E-state index contributed by atoms with van der Waals surface area (Å²) in [4.78, 5) is 15.3. The zero-order valence-electron chi connectivity index (χ0n) is 21.3. The van der Waals surface area contributed by atoms with Crippen molar-refractivity contribution in [2.45, 2.75) is 44.3 Å². The number of non-ortho nitro benzene ring substituents is 1. The largest absolute Gasteiger partial charge is 0.496 e. The number of benzene rings is 2. The second-order valence-electron chi connectivity index (χ2n) is 9.49. The van der Waals surface area contributed by atoms with Crippen LogP contribution in [0.2, 0.25) is 5.02 Å². The molecule has 0 spiro atoms. The molecule has 38 heavy (non-hydrogen) atoms. The number of nitro groups is 1. The van der Waals surface area contributed by atoms with Gasteiger partial charge in [-0.1, -0.05) is 23.7 Å². The van der Waals surface area contributed by atoms with Crippen molar-refractivity contribution in [2.75, 3.05) is 19.5 Å². The van der Waals surface area contributed by atoms with E-state index in [1.807, 2.05) is 35.0 Å². The molecule has 9 nitrogen and oxygen atoms in total. The number of nitrogens with zero attached hydrogens (tertiary/aromatic N) is 3. The minimum absolute atomic E-state index is 0.120. The Kier molecular flexibility index (Phi) is 7.67. The van der Waals surface area contributed by atoms with Crippen LogP contribution in [0.4, 0.5) is 11.4 Å². The van der Waals surface area contributed by atoms with Gasteiger partial charge in [0.2, 0.25) is 0 Å². The van der Waals surface area contributed by atoms with Gasteiger partial charge in [0, 0.05) is 66.5 Å². The maximum atomic E-state index is 10.8. The molecule has 0 radical (unpaired) electrons.